The molecule has 11 nitrogen and oxygen atoms in total. The fraction of sp³-hybridized carbons (Fsp3) is 0.261. The fourth-order valence-electron chi connectivity index (χ4n) is 3.47. The summed E-state index contributed by atoms with van der Waals surface area (Å²) in [4.78, 5) is 35.9. The monoisotopic (exact) mass is 462 g/mol. The van der Waals surface area contributed by atoms with Gasteiger partial charge in [-0.15, -0.1) is 0 Å². The Morgan fingerprint density at radius 2 is 2.00 bits per heavy atom. The maximum absolute atomic E-state index is 12.3. The average molecular weight is 462 g/mol. The number of nitrogens with one attached hydrogen (secondary N) is 1. The van der Waals surface area contributed by atoms with Crippen LogP contribution in [0.25, 0.3) is 11.4 Å². The van der Waals surface area contributed by atoms with Crippen molar-refractivity contribution in [1.82, 2.24) is 15.0 Å². The predicted octanol–water partition coefficient (Wildman–Crippen LogP) is 3.94. The highest BCUT2D eigenvalue weighted by atomic mass is 16.6. The summed E-state index contributed by atoms with van der Waals surface area (Å²) in [5, 5.41) is 11.8. The van der Waals surface area contributed by atoms with Crippen molar-refractivity contribution in [3.63, 3.8) is 0 Å². The van der Waals surface area contributed by atoms with Gasteiger partial charge in [0, 0.05) is 5.92 Å². The van der Waals surface area contributed by atoms with Gasteiger partial charge in [0.2, 0.25) is 17.4 Å². The van der Waals surface area contributed by atoms with E-state index in [2.05, 4.69) is 32.1 Å². The maximum atomic E-state index is 12.3. The summed E-state index contributed by atoms with van der Waals surface area (Å²) in [7, 11) is 0. The minimum Gasteiger partial charge on any atom is -0.480 e. The Morgan fingerprint density at radius 1 is 1.21 bits per heavy atom. The van der Waals surface area contributed by atoms with E-state index < -0.39 is 23.6 Å². The predicted molar refractivity (Wildman–Crippen MR) is 115 cm³/mol. The molecule has 0 bridgehead atoms. The Kier molecular flexibility index (Phi) is 5.05. The molecule has 1 atom stereocenters. The molecule has 3 aromatic heterocycles. The molecule has 4 aromatic rings. The van der Waals surface area contributed by atoms with Crippen LogP contribution in [0.3, 0.4) is 0 Å². The van der Waals surface area contributed by atoms with Gasteiger partial charge in [0.25, 0.3) is 5.89 Å². The summed E-state index contributed by atoms with van der Waals surface area (Å²) < 4.78 is 21.5. The summed E-state index contributed by atoms with van der Waals surface area (Å²) in [5.74, 6) is 4.39. The van der Waals surface area contributed by atoms with E-state index in [1.807, 2.05) is 31.2 Å². The number of fused-ring (bicyclic) bond motifs is 1. The minimum atomic E-state index is -1.10. The van der Waals surface area contributed by atoms with Gasteiger partial charge < -0.3 is 23.1 Å². The van der Waals surface area contributed by atoms with Gasteiger partial charge in [-0.2, -0.15) is 9.97 Å². The molecule has 34 heavy (non-hydrogen) atoms. The molecule has 3 heterocycles. The molecule has 1 aromatic carbocycles. The van der Waals surface area contributed by atoms with Crippen LogP contribution < -0.4 is 5.32 Å². The van der Waals surface area contributed by atoms with E-state index >= 15 is 0 Å². The third-order valence-corrected chi connectivity index (χ3v) is 5.53. The lowest BCUT2D eigenvalue weighted by atomic mass is 10.1. The molecule has 5 rings (SSSR count). The number of carbonyl (C=O) groups is 2. The molecule has 2 N–H and O–H groups in total. The van der Waals surface area contributed by atoms with Gasteiger partial charge in [-0.3, -0.25) is 10.1 Å². The van der Waals surface area contributed by atoms with Crippen LogP contribution in [0, 0.1) is 18.8 Å². The van der Waals surface area contributed by atoms with E-state index in [1.54, 1.807) is 6.92 Å². The van der Waals surface area contributed by atoms with Gasteiger partial charge in [-0.1, -0.05) is 24.3 Å². The number of carboxylic acids is 1. The first-order chi connectivity index (χ1) is 16.4. The van der Waals surface area contributed by atoms with Crippen molar-refractivity contribution in [2.24, 2.45) is 0 Å². The summed E-state index contributed by atoms with van der Waals surface area (Å²) in [5.41, 5.74) is 1.05. The first-order valence-corrected chi connectivity index (χ1v) is 10.4. The zero-order valence-electron chi connectivity index (χ0n) is 18.1. The minimum absolute atomic E-state index is 0.00210. The van der Waals surface area contributed by atoms with Gasteiger partial charge in [-0.25, -0.2) is 9.78 Å². The number of carboxylic acid groups (broad SMARTS) is 1. The normalized spacial score (nSPS) is 14.8. The van der Waals surface area contributed by atoms with Crippen molar-refractivity contribution in [2.75, 3.05) is 5.32 Å². The number of rotatable bonds is 5. The lowest BCUT2D eigenvalue weighted by Crippen LogP contribution is -2.19. The zero-order valence-corrected chi connectivity index (χ0v) is 18.1. The summed E-state index contributed by atoms with van der Waals surface area (Å²) in [6.45, 7) is 3.70. The molecular formula is C23H18N4O7. The third-order valence-electron chi connectivity index (χ3n) is 5.53. The third kappa shape index (κ3) is 3.86. The first kappa shape index (κ1) is 21.3. The second-order valence-corrected chi connectivity index (χ2v) is 7.85. The number of hydrogen-bond acceptors (Lipinski definition) is 9. The molecule has 1 aliphatic carbocycles. The Morgan fingerprint density at radius 3 is 2.71 bits per heavy atom. The Labute approximate surface area is 192 Å². The molecule has 0 saturated heterocycles. The standard InChI is InChI=1S/C23H18N4O7/c1-12-5-3-4-6-14(12)13(2)32-22(30)27-18-15(24-11-31-18)7-8-16-25-17-19(33-16)34-20(26-17)23(9-10-23)21(28)29/h3-6,11,13H,9-10H2,1-2H3,(H,27,30)(H,28,29). The van der Waals surface area contributed by atoms with Crippen molar-refractivity contribution < 1.29 is 32.7 Å². The van der Waals surface area contributed by atoms with Crippen molar-refractivity contribution in [2.45, 2.75) is 38.2 Å². The van der Waals surface area contributed by atoms with E-state index in [4.69, 9.17) is 18.0 Å². The summed E-state index contributed by atoms with van der Waals surface area (Å²) in [6.07, 6.45) is 0.821. The zero-order chi connectivity index (χ0) is 23.9. The number of anilines is 1. The quantitative estimate of drug-likeness (QED) is 0.417. The molecule has 1 fully saturated rings. The largest absolute Gasteiger partial charge is 0.480 e. The number of oxazole rings is 3. The topological polar surface area (TPSA) is 154 Å². The van der Waals surface area contributed by atoms with Crippen LogP contribution in [0.4, 0.5) is 10.7 Å². The highest BCUT2D eigenvalue weighted by molar-refractivity contribution is 5.85. The van der Waals surface area contributed by atoms with Gasteiger partial charge in [0.15, 0.2) is 12.1 Å². The summed E-state index contributed by atoms with van der Waals surface area (Å²) >= 11 is 0. The lowest BCUT2D eigenvalue weighted by Gasteiger charge is -2.15. The van der Waals surface area contributed by atoms with Crippen LogP contribution in [-0.4, -0.2) is 32.1 Å². The number of ether oxygens (including phenoxy) is 1. The molecular weight excluding hydrogens is 444 g/mol. The van der Waals surface area contributed by atoms with E-state index in [0.29, 0.717) is 12.8 Å². The van der Waals surface area contributed by atoms with Crippen LogP contribution in [0.2, 0.25) is 0 Å². The molecule has 172 valence electrons. The average Bonchev–Trinajstić information content (AvgIpc) is 3.12. The Bertz CT molecular complexity index is 1430. The van der Waals surface area contributed by atoms with Crippen LogP contribution in [-0.2, 0) is 14.9 Å². The van der Waals surface area contributed by atoms with E-state index in [1.165, 1.54) is 0 Å². The number of benzene rings is 1. The van der Waals surface area contributed by atoms with Crippen molar-refractivity contribution >= 4 is 29.4 Å². The number of hydrogen-bond donors (Lipinski definition) is 2. The van der Waals surface area contributed by atoms with Crippen molar-refractivity contribution in [1.29, 1.82) is 0 Å². The summed E-state index contributed by atoms with van der Waals surface area (Å²) in [6, 6.07) is 7.60. The Balaban J connectivity index is 1.27. The van der Waals surface area contributed by atoms with Crippen LogP contribution in [0.5, 0.6) is 0 Å². The van der Waals surface area contributed by atoms with Crippen LogP contribution in [0.1, 0.15) is 54.5 Å². The SMILES string of the molecule is Cc1ccccc1C(C)OC(=O)Nc1ocnc1C#Cc1nc2nc(C3(C(=O)O)CC3)oc2o1. The second kappa shape index (κ2) is 8.08. The van der Waals surface area contributed by atoms with Gasteiger partial charge in [0.05, 0.1) is 0 Å². The second-order valence-electron chi connectivity index (χ2n) is 7.85. The molecule has 0 radical (unpaired) electrons. The number of nitrogens with zero attached hydrogens (tertiary/aromatic N) is 3. The molecule has 0 aliphatic heterocycles. The molecule has 1 aliphatic rings. The van der Waals surface area contributed by atoms with Crippen molar-refractivity contribution in [3.8, 4) is 11.8 Å². The number of aliphatic carboxylic acids is 1. The number of amides is 1. The van der Waals surface area contributed by atoms with Crippen molar-refractivity contribution in [3.05, 3.63) is 59.3 Å². The molecule has 11 heteroatoms. The van der Waals surface area contributed by atoms with Crippen LogP contribution in [0.15, 0.2) is 43.9 Å². The van der Waals surface area contributed by atoms with Gasteiger partial charge >= 0.3 is 17.8 Å². The van der Waals surface area contributed by atoms with Gasteiger partial charge in [0.1, 0.15) is 11.5 Å². The van der Waals surface area contributed by atoms with E-state index in [0.717, 1.165) is 17.5 Å². The van der Waals surface area contributed by atoms with E-state index in [-0.39, 0.29) is 34.8 Å². The molecule has 1 unspecified atom stereocenters. The lowest BCUT2D eigenvalue weighted by molar-refractivity contribution is -0.140. The van der Waals surface area contributed by atoms with Gasteiger partial charge in [-0.05, 0) is 43.7 Å². The molecule has 0 spiro atoms. The number of aryl methyl sites for hydroxylation is 1. The van der Waals surface area contributed by atoms with E-state index in [9.17, 15) is 14.7 Å². The fourth-order valence-corrected chi connectivity index (χ4v) is 3.47. The highest BCUT2D eigenvalue weighted by Gasteiger charge is 2.56. The number of carbonyl (C=O) groups excluding carboxylic acids is 1. The highest BCUT2D eigenvalue weighted by Crippen LogP contribution is 2.48. The Hall–Kier alpha value is -4.59. The first-order valence-electron chi connectivity index (χ1n) is 10.4. The smallest absolute Gasteiger partial charge is 0.414 e. The van der Waals surface area contributed by atoms with Crippen LogP contribution >= 0.6 is 0 Å². The maximum Gasteiger partial charge on any atom is 0.414 e. The molecule has 1 saturated carbocycles. The molecule has 1 amide bonds. The number of aromatic nitrogens is 3.